The molecular weight excluding hydrogens is 338 g/mol. The quantitative estimate of drug-likeness (QED) is 0.669. The first-order valence-corrected chi connectivity index (χ1v) is 9.18. The average Bonchev–Trinajstić information content (AvgIpc) is 3.07. The van der Waals surface area contributed by atoms with Gasteiger partial charge in [0.25, 0.3) is 0 Å². The number of benzene rings is 2. The highest BCUT2D eigenvalue weighted by Crippen LogP contribution is 2.19. The van der Waals surface area contributed by atoms with Gasteiger partial charge in [-0.15, -0.1) is 0 Å². The Labute approximate surface area is 159 Å². The van der Waals surface area contributed by atoms with Crippen LogP contribution in [0, 0.1) is 6.92 Å². The lowest BCUT2D eigenvalue weighted by molar-refractivity contribution is -0.133. The molecule has 3 rings (SSSR count). The third kappa shape index (κ3) is 4.97. The number of anilines is 1. The molecule has 0 saturated heterocycles. The Kier molecular flexibility index (Phi) is 5.91. The van der Waals surface area contributed by atoms with Crippen molar-refractivity contribution >= 4 is 28.4 Å². The lowest BCUT2D eigenvalue weighted by Crippen LogP contribution is -2.34. The van der Waals surface area contributed by atoms with Crippen LogP contribution in [0.25, 0.3) is 10.9 Å². The highest BCUT2D eigenvalue weighted by molar-refractivity contribution is 5.94. The number of carbonyl (C=O) groups is 2. The summed E-state index contributed by atoms with van der Waals surface area (Å²) in [5.41, 5.74) is 4.21. The number of aryl methyl sites for hydroxylation is 2. The maximum atomic E-state index is 12.3. The average molecular weight is 363 g/mol. The number of carbonyl (C=O) groups excluding carboxylic acids is 2. The SMILES string of the molecule is Cc1ccc(NC(=O)CN(C)C(=O)CCCc2c[nH]c3ccccc23)cc1. The van der Waals surface area contributed by atoms with Gasteiger partial charge in [0.05, 0.1) is 6.54 Å². The monoisotopic (exact) mass is 363 g/mol. The Balaban J connectivity index is 1.44. The minimum atomic E-state index is -0.189. The molecule has 27 heavy (non-hydrogen) atoms. The number of fused-ring (bicyclic) bond motifs is 1. The largest absolute Gasteiger partial charge is 0.361 e. The van der Waals surface area contributed by atoms with Crippen molar-refractivity contribution < 1.29 is 9.59 Å². The number of hydrogen-bond acceptors (Lipinski definition) is 2. The molecule has 0 fully saturated rings. The van der Waals surface area contributed by atoms with Gasteiger partial charge in [-0.25, -0.2) is 0 Å². The predicted octanol–water partition coefficient (Wildman–Crippen LogP) is 3.90. The highest BCUT2D eigenvalue weighted by Gasteiger charge is 2.13. The van der Waals surface area contributed by atoms with E-state index in [-0.39, 0.29) is 18.4 Å². The van der Waals surface area contributed by atoms with Gasteiger partial charge in [0, 0.05) is 36.3 Å². The molecule has 2 amide bonds. The number of nitrogens with one attached hydrogen (secondary N) is 2. The lowest BCUT2D eigenvalue weighted by atomic mass is 10.1. The molecule has 2 N–H and O–H groups in total. The van der Waals surface area contributed by atoms with Crippen molar-refractivity contribution in [2.24, 2.45) is 0 Å². The topological polar surface area (TPSA) is 65.2 Å². The molecule has 1 heterocycles. The predicted molar refractivity (Wildman–Crippen MR) is 109 cm³/mol. The van der Waals surface area contributed by atoms with E-state index in [0.717, 1.165) is 29.6 Å². The minimum absolute atomic E-state index is 0.0195. The van der Waals surface area contributed by atoms with E-state index in [9.17, 15) is 9.59 Å². The van der Waals surface area contributed by atoms with Crippen LogP contribution in [0.2, 0.25) is 0 Å². The summed E-state index contributed by atoms with van der Waals surface area (Å²) in [5, 5.41) is 4.02. The molecule has 0 atom stereocenters. The van der Waals surface area contributed by atoms with Gasteiger partial charge in [-0.3, -0.25) is 9.59 Å². The Hall–Kier alpha value is -3.08. The van der Waals surface area contributed by atoms with Gasteiger partial charge in [0.1, 0.15) is 0 Å². The standard InChI is InChI=1S/C22H25N3O2/c1-16-10-12-18(13-11-16)24-21(26)15-25(2)22(27)9-5-6-17-14-23-20-8-4-3-7-19(17)20/h3-4,7-8,10-14,23H,5-6,9,15H2,1-2H3,(H,24,26). The fraction of sp³-hybridized carbons (Fsp3) is 0.273. The van der Waals surface area contributed by atoms with Crippen molar-refractivity contribution in [1.82, 2.24) is 9.88 Å². The van der Waals surface area contributed by atoms with Crippen molar-refractivity contribution in [2.45, 2.75) is 26.2 Å². The zero-order valence-corrected chi connectivity index (χ0v) is 15.8. The first-order chi connectivity index (χ1) is 13.0. The van der Waals surface area contributed by atoms with Crippen LogP contribution in [0.5, 0.6) is 0 Å². The van der Waals surface area contributed by atoms with Gasteiger partial charge >= 0.3 is 0 Å². The molecule has 0 aliphatic rings. The van der Waals surface area contributed by atoms with Crippen LogP contribution in [-0.4, -0.2) is 35.3 Å². The first-order valence-electron chi connectivity index (χ1n) is 9.18. The number of H-pyrrole nitrogens is 1. The van der Waals surface area contributed by atoms with E-state index in [1.54, 1.807) is 7.05 Å². The second kappa shape index (κ2) is 8.54. The molecule has 2 aromatic carbocycles. The molecule has 0 spiro atoms. The van der Waals surface area contributed by atoms with Gasteiger partial charge in [0.2, 0.25) is 11.8 Å². The van der Waals surface area contributed by atoms with E-state index in [0.29, 0.717) is 6.42 Å². The molecule has 0 unspecified atom stereocenters. The zero-order valence-electron chi connectivity index (χ0n) is 15.8. The van der Waals surface area contributed by atoms with Crippen molar-refractivity contribution in [1.29, 1.82) is 0 Å². The van der Waals surface area contributed by atoms with Gasteiger partial charge in [-0.1, -0.05) is 35.9 Å². The molecular formula is C22H25N3O2. The number of nitrogens with zero attached hydrogens (tertiary/aromatic N) is 1. The summed E-state index contributed by atoms with van der Waals surface area (Å²) < 4.78 is 0. The van der Waals surface area contributed by atoms with Crippen LogP contribution in [0.3, 0.4) is 0 Å². The lowest BCUT2D eigenvalue weighted by Gasteiger charge is -2.17. The van der Waals surface area contributed by atoms with Crippen molar-refractivity contribution in [3.8, 4) is 0 Å². The van der Waals surface area contributed by atoms with E-state index in [1.807, 2.05) is 55.6 Å². The fourth-order valence-electron chi connectivity index (χ4n) is 3.10. The van der Waals surface area contributed by atoms with Gasteiger partial charge in [0.15, 0.2) is 0 Å². The van der Waals surface area contributed by atoms with Gasteiger partial charge < -0.3 is 15.2 Å². The van der Waals surface area contributed by atoms with Crippen molar-refractivity contribution in [2.75, 3.05) is 18.9 Å². The van der Waals surface area contributed by atoms with E-state index >= 15 is 0 Å². The van der Waals surface area contributed by atoms with E-state index in [2.05, 4.69) is 16.4 Å². The Morgan fingerprint density at radius 2 is 1.81 bits per heavy atom. The maximum absolute atomic E-state index is 12.3. The molecule has 140 valence electrons. The van der Waals surface area contributed by atoms with Crippen LogP contribution in [-0.2, 0) is 16.0 Å². The van der Waals surface area contributed by atoms with Gasteiger partial charge in [-0.2, -0.15) is 0 Å². The summed E-state index contributed by atoms with van der Waals surface area (Å²) >= 11 is 0. The first kappa shape index (κ1) is 18.7. The molecule has 3 aromatic rings. The molecule has 0 bridgehead atoms. The van der Waals surface area contributed by atoms with E-state index in [1.165, 1.54) is 15.8 Å². The number of likely N-dealkylation sites (N-methyl/N-ethyl adjacent to an activating group) is 1. The molecule has 1 aromatic heterocycles. The van der Waals surface area contributed by atoms with Crippen LogP contribution < -0.4 is 5.32 Å². The molecule has 0 saturated carbocycles. The number of rotatable bonds is 7. The second-order valence-corrected chi connectivity index (χ2v) is 6.88. The molecule has 0 aliphatic carbocycles. The Bertz CT molecular complexity index is 928. The maximum Gasteiger partial charge on any atom is 0.243 e. The summed E-state index contributed by atoms with van der Waals surface area (Å²) in [6.07, 6.45) is 4.02. The number of aromatic amines is 1. The number of para-hydroxylation sites is 1. The summed E-state index contributed by atoms with van der Waals surface area (Å²) in [6.45, 7) is 2.05. The van der Waals surface area contributed by atoms with E-state index < -0.39 is 0 Å². The van der Waals surface area contributed by atoms with Crippen LogP contribution in [0.4, 0.5) is 5.69 Å². The third-order valence-electron chi connectivity index (χ3n) is 4.65. The summed E-state index contributed by atoms with van der Waals surface area (Å²) in [4.78, 5) is 29.2. The molecule has 5 nitrogen and oxygen atoms in total. The normalized spacial score (nSPS) is 10.7. The second-order valence-electron chi connectivity index (χ2n) is 6.88. The molecule has 5 heteroatoms. The summed E-state index contributed by atoms with van der Waals surface area (Å²) in [5.74, 6) is -0.208. The molecule has 0 radical (unpaired) electrons. The van der Waals surface area contributed by atoms with Crippen LogP contribution in [0.1, 0.15) is 24.0 Å². The highest BCUT2D eigenvalue weighted by atomic mass is 16.2. The Morgan fingerprint density at radius 1 is 1.07 bits per heavy atom. The molecule has 0 aliphatic heterocycles. The number of amides is 2. The van der Waals surface area contributed by atoms with Crippen LogP contribution >= 0.6 is 0 Å². The van der Waals surface area contributed by atoms with Gasteiger partial charge in [-0.05, 0) is 43.5 Å². The fourth-order valence-corrected chi connectivity index (χ4v) is 3.10. The third-order valence-corrected chi connectivity index (χ3v) is 4.65. The number of aromatic nitrogens is 1. The van der Waals surface area contributed by atoms with Crippen molar-refractivity contribution in [3.63, 3.8) is 0 Å². The number of hydrogen-bond donors (Lipinski definition) is 2. The van der Waals surface area contributed by atoms with E-state index in [4.69, 9.17) is 0 Å². The smallest absolute Gasteiger partial charge is 0.243 e. The zero-order chi connectivity index (χ0) is 19.2. The summed E-state index contributed by atoms with van der Waals surface area (Å²) in [7, 11) is 1.67. The van der Waals surface area contributed by atoms with Crippen LogP contribution in [0.15, 0.2) is 54.7 Å². The summed E-state index contributed by atoms with van der Waals surface area (Å²) in [6, 6.07) is 15.7. The van der Waals surface area contributed by atoms with Crippen molar-refractivity contribution in [3.05, 3.63) is 65.9 Å². The Morgan fingerprint density at radius 3 is 2.59 bits per heavy atom. The minimum Gasteiger partial charge on any atom is -0.361 e.